The minimum Gasteiger partial charge on any atom is -0.322 e. The molecule has 1 aromatic carbocycles. The largest absolute Gasteiger partial charge is 0.322 e. The fraction of sp³-hybridized carbons (Fsp3) is 0.250. The molecular weight excluding hydrogens is 324 g/mol. The maximum Gasteiger partial charge on any atom is 0.234 e. The van der Waals surface area contributed by atoms with Crippen LogP contribution in [0, 0.1) is 13.8 Å². The van der Waals surface area contributed by atoms with Gasteiger partial charge in [0.15, 0.2) is 5.16 Å². The second-order valence-corrected chi connectivity index (χ2v) is 6.27. The van der Waals surface area contributed by atoms with Gasteiger partial charge in [0.05, 0.1) is 22.8 Å². The first-order valence-corrected chi connectivity index (χ1v) is 8.43. The number of carbonyl (C=O) groups excluding carboxylic acids is 1. The van der Waals surface area contributed by atoms with Crippen LogP contribution in [0.5, 0.6) is 0 Å². The molecular formula is C16H18N6OS. The summed E-state index contributed by atoms with van der Waals surface area (Å²) in [5, 5.41) is 15.9. The van der Waals surface area contributed by atoms with E-state index in [0.29, 0.717) is 5.16 Å². The van der Waals surface area contributed by atoms with Crippen molar-refractivity contribution in [1.82, 2.24) is 24.5 Å². The average Bonchev–Trinajstić information content (AvgIpc) is 3.14. The van der Waals surface area contributed by atoms with Crippen molar-refractivity contribution >= 4 is 23.4 Å². The monoisotopic (exact) mass is 342 g/mol. The lowest BCUT2D eigenvalue weighted by molar-refractivity contribution is -0.113. The van der Waals surface area contributed by atoms with E-state index in [0.717, 1.165) is 22.8 Å². The van der Waals surface area contributed by atoms with Crippen LogP contribution in [0.2, 0.25) is 0 Å². The number of carbonyl (C=O) groups is 1. The van der Waals surface area contributed by atoms with Gasteiger partial charge in [-0.1, -0.05) is 30.0 Å². The van der Waals surface area contributed by atoms with Gasteiger partial charge >= 0.3 is 0 Å². The zero-order valence-electron chi connectivity index (χ0n) is 13.7. The quantitative estimate of drug-likeness (QED) is 0.720. The number of nitrogens with zero attached hydrogens (tertiary/aromatic N) is 5. The fourth-order valence-corrected chi connectivity index (χ4v) is 3.08. The first kappa shape index (κ1) is 16.3. The number of anilines is 1. The molecule has 0 atom stereocenters. The molecule has 8 heteroatoms. The minimum absolute atomic E-state index is 0.0955. The Labute approximate surface area is 144 Å². The molecule has 0 radical (unpaired) electrons. The molecule has 0 fully saturated rings. The number of nitrogens with one attached hydrogen (secondary N) is 1. The van der Waals surface area contributed by atoms with E-state index in [4.69, 9.17) is 0 Å². The van der Waals surface area contributed by atoms with Gasteiger partial charge in [0.25, 0.3) is 0 Å². The summed E-state index contributed by atoms with van der Waals surface area (Å²) in [5.41, 5.74) is 3.47. The Morgan fingerprint density at radius 2 is 2.00 bits per heavy atom. The molecule has 124 valence electrons. The lowest BCUT2D eigenvalue weighted by Gasteiger charge is -2.07. The highest BCUT2D eigenvalue weighted by atomic mass is 32.2. The van der Waals surface area contributed by atoms with Gasteiger partial charge in [0.1, 0.15) is 6.33 Å². The van der Waals surface area contributed by atoms with Crippen molar-refractivity contribution in [2.75, 3.05) is 11.1 Å². The number of aryl methyl sites for hydroxylation is 2. The molecule has 0 aliphatic carbocycles. The Morgan fingerprint density at radius 1 is 1.25 bits per heavy atom. The van der Waals surface area contributed by atoms with Gasteiger partial charge in [-0.2, -0.15) is 5.10 Å². The summed E-state index contributed by atoms with van der Waals surface area (Å²) < 4.78 is 3.61. The van der Waals surface area contributed by atoms with E-state index in [1.54, 1.807) is 11.0 Å². The fourth-order valence-electron chi connectivity index (χ4n) is 2.35. The van der Waals surface area contributed by atoms with Crippen LogP contribution in [-0.4, -0.2) is 36.2 Å². The van der Waals surface area contributed by atoms with Crippen molar-refractivity contribution in [3.8, 4) is 5.69 Å². The van der Waals surface area contributed by atoms with Gasteiger partial charge in [0.2, 0.25) is 5.91 Å². The molecule has 1 N–H and O–H groups in total. The molecule has 0 unspecified atom stereocenters. The maximum atomic E-state index is 12.2. The summed E-state index contributed by atoms with van der Waals surface area (Å²) in [6.07, 6.45) is 1.64. The predicted molar refractivity (Wildman–Crippen MR) is 93.4 cm³/mol. The van der Waals surface area contributed by atoms with E-state index >= 15 is 0 Å². The van der Waals surface area contributed by atoms with Crippen molar-refractivity contribution in [3.05, 3.63) is 48.0 Å². The van der Waals surface area contributed by atoms with Crippen LogP contribution in [0.15, 0.2) is 41.8 Å². The third-order valence-electron chi connectivity index (χ3n) is 3.66. The van der Waals surface area contributed by atoms with E-state index in [-0.39, 0.29) is 11.7 Å². The van der Waals surface area contributed by atoms with Crippen molar-refractivity contribution < 1.29 is 4.79 Å². The van der Waals surface area contributed by atoms with Crippen LogP contribution >= 0.6 is 11.8 Å². The standard InChI is InChI=1S/C16H18N6OS/c1-11-15(12(2)21(3)20-11)18-14(23)9-24-16-19-17-10-22(16)13-7-5-4-6-8-13/h4-8,10H,9H2,1-3H3,(H,18,23). The molecule has 1 amide bonds. The summed E-state index contributed by atoms with van der Waals surface area (Å²) in [6, 6.07) is 9.78. The highest BCUT2D eigenvalue weighted by Crippen LogP contribution is 2.21. The van der Waals surface area contributed by atoms with Gasteiger partial charge in [-0.15, -0.1) is 10.2 Å². The molecule has 3 aromatic rings. The number of benzene rings is 1. The van der Waals surface area contributed by atoms with Gasteiger partial charge in [-0.3, -0.25) is 14.0 Å². The molecule has 7 nitrogen and oxygen atoms in total. The third kappa shape index (κ3) is 3.33. The van der Waals surface area contributed by atoms with Crippen LogP contribution in [-0.2, 0) is 11.8 Å². The highest BCUT2D eigenvalue weighted by Gasteiger charge is 2.14. The number of aromatic nitrogens is 5. The summed E-state index contributed by atoms with van der Waals surface area (Å²) >= 11 is 1.34. The SMILES string of the molecule is Cc1nn(C)c(C)c1NC(=O)CSc1nncn1-c1ccccc1. The van der Waals surface area contributed by atoms with E-state index in [1.807, 2.05) is 55.8 Å². The molecule has 24 heavy (non-hydrogen) atoms. The maximum absolute atomic E-state index is 12.2. The van der Waals surface area contributed by atoms with E-state index in [2.05, 4.69) is 20.6 Å². The number of thioether (sulfide) groups is 1. The van der Waals surface area contributed by atoms with E-state index in [1.165, 1.54) is 11.8 Å². The zero-order valence-corrected chi connectivity index (χ0v) is 14.5. The van der Waals surface area contributed by atoms with Crippen LogP contribution in [0.25, 0.3) is 5.69 Å². The Kier molecular flexibility index (Phi) is 4.66. The Hall–Kier alpha value is -2.61. The summed E-state index contributed by atoms with van der Waals surface area (Å²) in [4.78, 5) is 12.2. The molecule has 2 aromatic heterocycles. The van der Waals surface area contributed by atoms with Crippen molar-refractivity contribution in [2.24, 2.45) is 7.05 Å². The van der Waals surface area contributed by atoms with Crippen molar-refractivity contribution in [3.63, 3.8) is 0 Å². The van der Waals surface area contributed by atoms with Crippen molar-refractivity contribution in [1.29, 1.82) is 0 Å². The minimum atomic E-state index is -0.0955. The Bertz CT molecular complexity index is 855. The van der Waals surface area contributed by atoms with Gasteiger partial charge < -0.3 is 5.32 Å². The van der Waals surface area contributed by atoms with E-state index < -0.39 is 0 Å². The molecule has 0 saturated carbocycles. The van der Waals surface area contributed by atoms with Gasteiger partial charge in [-0.25, -0.2) is 0 Å². The normalized spacial score (nSPS) is 10.8. The third-order valence-corrected chi connectivity index (χ3v) is 4.60. The molecule has 0 bridgehead atoms. The summed E-state index contributed by atoms with van der Waals surface area (Å²) in [6.45, 7) is 3.80. The number of amides is 1. The van der Waals surface area contributed by atoms with Crippen LogP contribution in [0.1, 0.15) is 11.4 Å². The first-order valence-electron chi connectivity index (χ1n) is 7.44. The Balaban J connectivity index is 1.67. The lowest BCUT2D eigenvalue weighted by atomic mass is 10.3. The Morgan fingerprint density at radius 3 is 2.67 bits per heavy atom. The molecule has 0 aliphatic heterocycles. The summed E-state index contributed by atoms with van der Waals surface area (Å²) in [5.74, 6) is 0.154. The summed E-state index contributed by atoms with van der Waals surface area (Å²) in [7, 11) is 1.86. The predicted octanol–water partition coefficient (Wildman–Crippen LogP) is 2.35. The van der Waals surface area contributed by atoms with Gasteiger partial charge in [-0.05, 0) is 26.0 Å². The van der Waals surface area contributed by atoms with Crippen molar-refractivity contribution in [2.45, 2.75) is 19.0 Å². The second-order valence-electron chi connectivity index (χ2n) is 5.33. The van der Waals surface area contributed by atoms with Crippen LogP contribution in [0.3, 0.4) is 0 Å². The van der Waals surface area contributed by atoms with Gasteiger partial charge in [0, 0.05) is 12.7 Å². The first-order chi connectivity index (χ1) is 11.6. The second kappa shape index (κ2) is 6.88. The lowest BCUT2D eigenvalue weighted by Crippen LogP contribution is -2.15. The molecule has 0 spiro atoms. The van der Waals surface area contributed by atoms with Crippen LogP contribution in [0.4, 0.5) is 5.69 Å². The molecule has 3 rings (SSSR count). The molecule has 0 saturated heterocycles. The number of hydrogen-bond acceptors (Lipinski definition) is 5. The molecule has 0 aliphatic rings. The zero-order chi connectivity index (χ0) is 17.1. The van der Waals surface area contributed by atoms with Crippen LogP contribution < -0.4 is 5.32 Å². The highest BCUT2D eigenvalue weighted by molar-refractivity contribution is 7.99. The molecule has 2 heterocycles. The smallest absolute Gasteiger partial charge is 0.234 e. The average molecular weight is 342 g/mol. The van der Waals surface area contributed by atoms with E-state index in [9.17, 15) is 4.79 Å². The number of rotatable bonds is 5. The number of hydrogen-bond donors (Lipinski definition) is 1. The number of para-hydroxylation sites is 1. The topological polar surface area (TPSA) is 77.6 Å².